The minimum absolute atomic E-state index is 0.0907. The summed E-state index contributed by atoms with van der Waals surface area (Å²) in [7, 11) is 0. The number of rotatable bonds is 4. The van der Waals surface area contributed by atoms with E-state index in [0.717, 1.165) is 27.1 Å². The van der Waals surface area contributed by atoms with Crippen LogP contribution in [0.1, 0.15) is 12.5 Å². The molecule has 0 spiro atoms. The molecule has 1 heterocycles. The van der Waals surface area contributed by atoms with Crippen LogP contribution in [-0.2, 0) is 6.54 Å². The van der Waals surface area contributed by atoms with E-state index >= 15 is 0 Å². The number of fused-ring (bicyclic) bond motifs is 1. The van der Waals surface area contributed by atoms with E-state index in [4.69, 9.17) is 0 Å². The number of pyridine rings is 1. The molecular formula is C18H17NOS. The third-order valence-electron chi connectivity index (χ3n) is 3.46. The largest absolute Gasteiger partial charge is 0.298 e. The van der Waals surface area contributed by atoms with Crippen molar-refractivity contribution in [3.05, 3.63) is 76.6 Å². The molecule has 0 N–H and O–H groups in total. The second-order valence-corrected chi connectivity index (χ2v) is 6.16. The normalized spacial score (nSPS) is 10.9. The van der Waals surface area contributed by atoms with Gasteiger partial charge in [-0.25, -0.2) is 0 Å². The van der Waals surface area contributed by atoms with Gasteiger partial charge in [0.2, 0.25) is 0 Å². The minimum atomic E-state index is 0.0907. The summed E-state index contributed by atoms with van der Waals surface area (Å²) in [5, 5.41) is 2.83. The molecule has 21 heavy (non-hydrogen) atoms. The van der Waals surface area contributed by atoms with Crippen molar-refractivity contribution in [1.82, 2.24) is 4.57 Å². The average Bonchev–Trinajstić information content (AvgIpc) is 2.52. The first-order valence-electron chi connectivity index (χ1n) is 7.09. The lowest BCUT2D eigenvalue weighted by atomic mass is 10.1. The fourth-order valence-electron chi connectivity index (χ4n) is 2.46. The second kappa shape index (κ2) is 6.19. The van der Waals surface area contributed by atoms with Crippen molar-refractivity contribution in [1.29, 1.82) is 0 Å². The van der Waals surface area contributed by atoms with Gasteiger partial charge in [0.15, 0.2) is 0 Å². The molecule has 0 aliphatic carbocycles. The predicted molar refractivity (Wildman–Crippen MR) is 90.2 cm³/mol. The van der Waals surface area contributed by atoms with Gasteiger partial charge < -0.3 is 0 Å². The molecule has 0 fully saturated rings. The molecule has 0 amide bonds. The van der Waals surface area contributed by atoms with E-state index in [-0.39, 0.29) is 5.56 Å². The van der Waals surface area contributed by atoms with Crippen molar-refractivity contribution in [2.24, 2.45) is 0 Å². The maximum atomic E-state index is 12.8. The highest BCUT2D eigenvalue weighted by atomic mass is 32.2. The van der Waals surface area contributed by atoms with Gasteiger partial charge in [-0.3, -0.25) is 9.36 Å². The maximum Gasteiger partial charge on any atom is 0.259 e. The zero-order valence-corrected chi connectivity index (χ0v) is 12.8. The van der Waals surface area contributed by atoms with Crippen LogP contribution < -0.4 is 5.56 Å². The van der Waals surface area contributed by atoms with Crippen molar-refractivity contribution in [2.75, 3.05) is 5.75 Å². The Balaban J connectivity index is 2.17. The van der Waals surface area contributed by atoms with Crippen LogP contribution in [0.4, 0.5) is 0 Å². The van der Waals surface area contributed by atoms with Gasteiger partial charge in [0.05, 0.1) is 11.6 Å². The van der Waals surface area contributed by atoms with Crippen molar-refractivity contribution in [3.63, 3.8) is 0 Å². The van der Waals surface area contributed by atoms with E-state index < -0.39 is 0 Å². The molecular weight excluding hydrogens is 278 g/mol. The number of hydrogen-bond donors (Lipinski definition) is 0. The number of thioether (sulfide) groups is 1. The SMILES string of the molecule is CCSc1cc2ccccc2c(=O)n1Cc1ccccc1. The Kier molecular flexibility index (Phi) is 4.11. The van der Waals surface area contributed by atoms with Crippen molar-refractivity contribution >= 4 is 22.5 Å². The molecule has 1 aromatic heterocycles. The number of hydrogen-bond acceptors (Lipinski definition) is 2. The Morgan fingerprint density at radius 2 is 1.71 bits per heavy atom. The van der Waals surface area contributed by atoms with E-state index in [1.54, 1.807) is 11.8 Å². The summed E-state index contributed by atoms with van der Waals surface area (Å²) in [4.78, 5) is 12.8. The standard InChI is InChI=1S/C18H17NOS/c1-2-21-17-12-15-10-6-7-11-16(15)18(20)19(17)13-14-8-4-3-5-9-14/h3-12H,2,13H2,1H3. The van der Waals surface area contributed by atoms with Gasteiger partial charge in [-0.05, 0) is 28.8 Å². The quantitative estimate of drug-likeness (QED) is 0.674. The Labute approximate surface area is 128 Å². The van der Waals surface area contributed by atoms with Crippen molar-refractivity contribution in [2.45, 2.75) is 18.5 Å². The van der Waals surface area contributed by atoms with E-state index in [0.29, 0.717) is 6.54 Å². The lowest BCUT2D eigenvalue weighted by molar-refractivity contribution is 0.695. The number of aromatic nitrogens is 1. The third kappa shape index (κ3) is 2.88. The maximum absolute atomic E-state index is 12.8. The first-order chi connectivity index (χ1) is 10.3. The molecule has 0 saturated heterocycles. The molecule has 0 saturated carbocycles. The molecule has 0 aliphatic rings. The van der Waals surface area contributed by atoms with Crippen LogP contribution in [0.3, 0.4) is 0 Å². The van der Waals surface area contributed by atoms with Gasteiger partial charge in [-0.2, -0.15) is 0 Å². The van der Waals surface area contributed by atoms with Crippen LogP contribution in [0, 0.1) is 0 Å². The minimum Gasteiger partial charge on any atom is -0.298 e. The predicted octanol–water partition coefficient (Wildman–Crippen LogP) is 4.16. The summed E-state index contributed by atoms with van der Waals surface area (Å²) < 4.78 is 1.88. The monoisotopic (exact) mass is 295 g/mol. The van der Waals surface area contributed by atoms with Crippen LogP contribution in [-0.4, -0.2) is 10.3 Å². The third-order valence-corrected chi connectivity index (χ3v) is 4.38. The van der Waals surface area contributed by atoms with Gasteiger partial charge in [-0.15, -0.1) is 11.8 Å². The average molecular weight is 295 g/mol. The van der Waals surface area contributed by atoms with E-state index in [1.165, 1.54) is 0 Å². The number of nitrogens with zero attached hydrogens (tertiary/aromatic N) is 1. The molecule has 106 valence electrons. The van der Waals surface area contributed by atoms with Gasteiger partial charge in [-0.1, -0.05) is 55.5 Å². The molecule has 2 nitrogen and oxygen atoms in total. The highest BCUT2D eigenvalue weighted by Gasteiger charge is 2.09. The summed E-state index contributed by atoms with van der Waals surface area (Å²) in [6, 6.07) is 20.0. The zero-order valence-electron chi connectivity index (χ0n) is 12.0. The summed E-state index contributed by atoms with van der Waals surface area (Å²) in [6.45, 7) is 2.73. The summed E-state index contributed by atoms with van der Waals surface area (Å²) in [5.41, 5.74) is 1.24. The highest BCUT2D eigenvalue weighted by molar-refractivity contribution is 7.99. The van der Waals surface area contributed by atoms with E-state index in [1.807, 2.05) is 47.0 Å². The van der Waals surface area contributed by atoms with Crippen LogP contribution in [0.5, 0.6) is 0 Å². The molecule has 0 bridgehead atoms. The topological polar surface area (TPSA) is 22.0 Å². The molecule has 3 heteroatoms. The smallest absolute Gasteiger partial charge is 0.259 e. The van der Waals surface area contributed by atoms with Gasteiger partial charge in [0, 0.05) is 5.39 Å². The van der Waals surface area contributed by atoms with Crippen LogP contribution in [0.25, 0.3) is 10.8 Å². The molecule has 0 radical (unpaired) electrons. The van der Waals surface area contributed by atoms with Gasteiger partial charge in [0.1, 0.15) is 0 Å². The lowest BCUT2D eigenvalue weighted by Crippen LogP contribution is -2.22. The molecule has 3 rings (SSSR count). The molecule has 0 aliphatic heterocycles. The van der Waals surface area contributed by atoms with Crippen LogP contribution in [0.15, 0.2) is 70.5 Å². The lowest BCUT2D eigenvalue weighted by Gasteiger charge is -2.13. The van der Waals surface area contributed by atoms with Gasteiger partial charge in [0.25, 0.3) is 5.56 Å². The summed E-state index contributed by atoms with van der Waals surface area (Å²) in [6.07, 6.45) is 0. The van der Waals surface area contributed by atoms with E-state index in [2.05, 4.69) is 25.1 Å². The Morgan fingerprint density at radius 1 is 1.00 bits per heavy atom. The fourth-order valence-corrected chi connectivity index (χ4v) is 3.27. The van der Waals surface area contributed by atoms with Crippen molar-refractivity contribution < 1.29 is 0 Å². The molecule has 0 unspecified atom stereocenters. The summed E-state index contributed by atoms with van der Waals surface area (Å²) in [5.74, 6) is 0.951. The first kappa shape index (κ1) is 14.0. The highest BCUT2D eigenvalue weighted by Crippen LogP contribution is 2.22. The second-order valence-electron chi connectivity index (χ2n) is 4.88. The van der Waals surface area contributed by atoms with Crippen LogP contribution >= 0.6 is 11.8 Å². The molecule has 2 aromatic carbocycles. The van der Waals surface area contributed by atoms with Crippen molar-refractivity contribution in [3.8, 4) is 0 Å². The Hall–Kier alpha value is -2.00. The zero-order chi connectivity index (χ0) is 14.7. The summed E-state index contributed by atoms with van der Waals surface area (Å²) >= 11 is 1.71. The van der Waals surface area contributed by atoms with Gasteiger partial charge >= 0.3 is 0 Å². The Morgan fingerprint density at radius 3 is 2.48 bits per heavy atom. The fraction of sp³-hybridized carbons (Fsp3) is 0.167. The van der Waals surface area contributed by atoms with E-state index in [9.17, 15) is 4.79 Å². The molecule has 0 atom stereocenters. The molecule has 3 aromatic rings. The van der Waals surface area contributed by atoms with Crippen LogP contribution in [0.2, 0.25) is 0 Å². The number of benzene rings is 2. The first-order valence-corrected chi connectivity index (χ1v) is 8.07. The Bertz CT molecular complexity index is 808.